The minimum absolute atomic E-state index is 0.674. The Morgan fingerprint density at radius 1 is 1.15 bits per heavy atom. The normalized spacial score (nSPS) is 11.8. The van der Waals surface area contributed by atoms with Crippen LogP contribution >= 0.6 is 8.58 Å². The number of allylic oxidation sites excluding steroid dienone is 4. The van der Waals surface area contributed by atoms with Gasteiger partial charge in [0.1, 0.15) is 0 Å². The zero-order valence-corrected chi connectivity index (χ0v) is 8.53. The van der Waals surface area contributed by atoms with Crippen molar-refractivity contribution in [2.45, 2.75) is 0 Å². The summed E-state index contributed by atoms with van der Waals surface area (Å²) >= 11 is 0. The summed E-state index contributed by atoms with van der Waals surface area (Å²) in [6.07, 6.45) is 5.68. The van der Waals surface area contributed by atoms with Crippen LogP contribution in [0.25, 0.3) is 0 Å². The third-order valence-corrected chi connectivity index (χ3v) is 2.86. The average molecular weight is 188 g/mol. The highest BCUT2D eigenvalue weighted by atomic mass is 31.1. The van der Waals surface area contributed by atoms with E-state index in [0.717, 1.165) is 0 Å². The third kappa shape index (κ3) is 3.40. The molecule has 66 valence electrons. The fourth-order valence-electron chi connectivity index (χ4n) is 0.976. The lowest BCUT2D eigenvalue weighted by Crippen LogP contribution is -1.90. The molecule has 1 aromatic rings. The summed E-state index contributed by atoms with van der Waals surface area (Å²) in [5.74, 6) is 0. The monoisotopic (exact) mass is 188 g/mol. The van der Waals surface area contributed by atoms with Crippen LogP contribution in [0.15, 0.2) is 67.0 Å². The molecule has 1 heteroatoms. The standard InChI is InChI=1S/C12H13P/c1-3-8-11(4-2)13-12-9-6-5-7-10-12/h3-10,13H,1-2H2/b11-8+. The second kappa shape index (κ2) is 5.50. The van der Waals surface area contributed by atoms with Gasteiger partial charge in [0, 0.05) is 0 Å². The fourth-order valence-corrected chi connectivity index (χ4v) is 1.97. The van der Waals surface area contributed by atoms with Crippen molar-refractivity contribution in [3.8, 4) is 0 Å². The Balaban J connectivity index is 2.73. The minimum atomic E-state index is 0.674. The highest BCUT2D eigenvalue weighted by Gasteiger charge is 1.92. The van der Waals surface area contributed by atoms with Gasteiger partial charge in [-0.3, -0.25) is 0 Å². The summed E-state index contributed by atoms with van der Waals surface area (Å²) in [5.41, 5.74) is 0. The van der Waals surface area contributed by atoms with Crippen LogP contribution in [0.3, 0.4) is 0 Å². The summed E-state index contributed by atoms with van der Waals surface area (Å²) in [4.78, 5) is 0. The lowest BCUT2D eigenvalue weighted by atomic mass is 10.4. The first-order valence-electron chi connectivity index (χ1n) is 4.14. The fraction of sp³-hybridized carbons (Fsp3) is 0. The maximum atomic E-state index is 3.77. The van der Waals surface area contributed by atoms with E-state index in [2.05, 4.69) is 37.4 Å². The van der Waals surface area contributed by atoms with E-state index in [1.807, 2.05) is 18.2 Å². The average Bonchev–Trinajstić information content (AvgIpc) is 2.19. The minimum Gasteiger partial charge on any atom is -0.0990 e. The van der Waals surface area contributed by atoms with Gasteiger partial charge in [-0.2, -0.15) is 0 Å². The molecule has 13 heavy (non-hydrogen) atoms. The zero-order valence-electron chi connectivity index (χ0n) is 7.53. The van der Waals surface area contributed by atoms with Crippen molar-refractivity contribution in [1.82, 2.24) is 0 Å². The van der Waals surface area contributed by atoms with Gasteiger partial charge in [0.25, 0.3) is 0 Å². The van der Waals surface area contributed by atoms with E-state index in [9.17, 15) is 0 Å². The van der Waals surface area contributed by atoms with Gasteiger partial charge in [0.05, 0.1) is 0 Å². The number of hydrogen-bond acceptors (Lipinski definition) is 0. The Kier molecular flexibility index (Phi) is 4.21. The first-order chi connectivity index (χ1) is 6.36. The second-order valence-corrected chi connectivity index (χ2v) is 3.96. The van der Waals surface area contributed by atoms with Crippen molar-refractivity contribution in [3.05, 3.63) is 67.0 Å². The Morgan fingerprint density at radius 2 is 1.85 bits per heavy atom. The molecule has 1 unspecified atom stereocenters. The van der Waals surface area contributed by atoms with Gasteiger partial charge in [-0.15, -0.1) is 0 Å². The smallest absolute Gasteiger partial charge is 0.0226 e. The van der Waals surface area contributed by atoms with Crippen molar-refractivity contribution < 1.29 is 0 Å². The number of hydrogen-bond donors (Lipinski definition) is 0. The van der Waals surface area contributed by atoms with Gasteiger partial charge < -0.3 is 0 Å². The predicted octanol–water partition coefficient (Wildman–Crippen LogP) is 3.25. The van der Waals surface area contributed by atoms with Crippen LogP contribution in [0.2, 0.25) is 0 Å². The number of benzene rings is 1. The molecule has 0 aliphatic rings. The van der Waals surface area contributed by atoms with Gasteiger partial charge >= 0.3 is 0 Å². The second-order valence-electron chi connectivity index (χ2n) is 2.55. The molecule has 1 atom stereocenters. The van der Waals surface area contributed by atoms with Crippen molar-refractivity contribution in [3.63, 3.8) is 0 Å². The summed E-state index contributed by atoms with van der Waals surface area (Å²) in [5, 5.41) is 2.55. The van der Waals surface area contributed by atoms with Crippen LogP contribution in [0, 0.1) is 0 Å². The summed E-state index contributed by atoms with van der Waals surface area (Å²) < 4.78 is 0. The highest BCUT2D eigenvalue weighted by molar-refractivity contribution is 7.52. The molecule has 0 aliphatic heterocycles. The molecular formula is C12H13P. The van der Waals surface area contributed by atoms with Crippen LogP contribution in [0.1, 0.15) is 0 Å². The quantitative estimate of drug-likeness (QED) is 0.502. The molecule has 0 radical (unpaired) electrons. The van der Waals surface area contributed by atoms with Crippen molar-refractivity contribution in [2.24, 2.45) is 0 Å². The molecule has 1 rings (SSSR count). The highest BCUT2D eigenvalue weighted by Crippen LogP contribution is 2.23. The van der Waals surface area contributed by atoms with Crippen molar-refractivity contribution in [1.29, 1.82) is 0 Å². The van der Waals surface area contributed by atoms with Gasteiger partial charge in [-0.25, -0.2) is 0 Å². The van der Waals surface area contributed by atoms with Crippen LogP contribution in [0.4, 0.5) is 0 Å². The predicted molar refractivity (Wildman–Crippen MR) is 62.9 cm³/mol. The van der Waals surface area contributed by atoms with E-state index < -0.39 is 0 Å². The summed E-state index contributed by atoms with van der Waals surface area (Å²) in [6, 6.07) is 10.4. The topological polar surface area (TPSA) is 0 Å². The Hall–Kier alpha value is -1.13. The molecular weight excluding hydrogens is 175 g/mol. The lowest BCUT2D eigenvalue weighted by molar-refractivity contribution is 1.77. The molecule has 0 aliphatic carbocycles. The molecule has 0 amide bonds. The molecule has 0 spiro atoms. The summed E-state index contributed by atoms with van der Waals surface area (Å²) in [6.45, 7) is 7.44. The molecule has 0 N–H and O–H groups in total. The molecule has 0 bridgehead atoms. The van der Waals surface area contributed by atoms with Crippen LogP contribution in [-0.4, -0.2) is 0 Å². The molecule has 0 fully saturated rings. The molecule has 0 heterocycles. The molecule has 0 saturated carbocycles. The Labute approximate surface area is 81.5 Å². The van der Waals surface area contributed by atoms with E-state index in [4.69, 9.17) is 0 Å². The van der Waals surface area contributed by atoms with E-state index in [-0.39, 0.29) is 0 Å². The van der Waals surface area contributed by atoms with Crippen LogP contribution < -0.4 is 5.30 Å². The molecule has 0 nitrogen and oxygen atoms in total. The van der Waals surface area contributed by atoms with E-state index in [1.54, 1.807) is 6.08 Å². The Morgan fingerprint density at radius 3 is 2.38 bits per heavy atom. The maximum Gasteiger partial charge on any atom is -0.0226 e. The van der Waals surface area contributed by atoms with E-state index in [0.29, 0.717) is 8.58 Å². The Bertz CT molecular complexity index is 309. The summed E-state index contributed by atoms with van der Waals surface area (Å²) in [7, 11) is 0.674. The van der Waals surface area contributed by atoms with Crippen molar-refractivity contribution in [2.75, 3.05) is 0 Å². The van der Waals surface area contributed by atoms with Gasteiger partial charge in [0.15, 0.2) is 0 Å². The van der Waals surface area contributed by atoms with Gasteiger partial charge in [0.2, 0.25) is 0 Å². The first kappa shape index (κ1) is 9.95. The SMILES string of the molecule is C=C/C=C(\C=C)Pc1ccccc1. The third-order valence-electron chi connectivity index (χ3n) is 1.58. The largest absolute Gasteiger partial charge is 0.0990 e. The van der Waals surface area contributed by atoms with Crippen molar-refractivity contribution >= 4 is 13.9 Å². The van der Waals surface area contributed by atoms with Gasteiger partial charge in [-0.1, -0.05) is 70.3 Å². The first-order valence-corrected chi connectivity index (χ1v) is 5.14. The van der Waals surface area contributed by atoms with E-state index in [1.165, 1.54) is 10.6 Å². The molecule has 0 saturated heterocycles. The van der Waals surface area contributed by atoms with E-state index >= 15 is 0 Å². The molecule has 0 aromatic heterocycles. The zero-order chi connectivity index (χ0) is 9.52. The maximum absolute atomic E-state index is 3.77. The van der Waals surface area contributed by atoms with Gasteiger partial charge in [-0.05, 0) is 10.6 Å². The lowest BCUT2D eigenvalue weighted by Gasteiger charge is -2.00. The number of rotatable bonds is 4. The molecule has 1 aromatic carbocycles. The van der Waals surface area contributed by atoms with Crippen LogP contribution in [0.5, 0.6) is 0 Å². The van der Waals surface area contributed by atoms with Crippen LogP contribution in [-0.2, 0) is 0 Å².